The van der Waals surface area contributed by atoms with Crippen molar-refractivity contribution in [2.75, 3.05) is 13.7 Å². The van der Waals surface area contributed by atoms with E-state index in [1.54, 1.807) is 18.1 Å². The minimum absolute atomic E-state index is 0. The fourth-order valence-corrected chi connectivity index (χ4v) is 0.964. The van der Waals surface area contributed by atoms with Crippen LogP contribution in [0.15, 0.2) is 12.3 Å². The number of rotatable bonds is 3. The third-order valence-electron chi connectivity index (χ3n) is 1.75. The number of nitrogens with one attached hydrogen (secondary N) is 1. The number of allylic oxidation sites excluding steroid dienone is 1. The maximum absolute atomic E-state index is 11.1. The molecule has 1 saturated heterocycles. The Balaban J connectivity index is 0. The number of amides is 1. The van der Waals surface area contributed by atoms with E-state index in [1.165, 1.54) is 13.0 Å². The molecule has 0 aliphatic carbocycles. The molecule has 1 aliphatic rings. The Kier molecular flexibility index (Phi) is 6.03. The number of hydrogen-bond donors (Lipinski definition) is 1. The van der Waals surface area contributed by atoms with Crippen molar-refractivity contribution in [3.8, 4) is 0 Å². The molecule has 0 bridgehead atoms. The molecular weight excluding hydrogens is 195 g/mol. The average molecular weight is 208 g/mol. The first kappa shape index (κ1) is 13.6. The zero-order valence-corrected chi connectivity index (χ0v) is 10.6. The quantitative estimate of drug-likeness (QED) is 0.387. The molecule has 0 aromatic carbocycles. The van der Waals surface area contributed by atoms with E-state index in [1.807, 2.05) is 0 Å². The largest absolute Gasteiger partial charge is 1.00 e. The van der Waals surface area contributed by atoms with Crippen LogP contribution in [0.5, 0.6) is 0 Å². The molecule has 5 nitrogen and oxygen atoms in total. The number of hydrogen-bond acceptors (Lipinski definition) is 4. The van der Waals surface area contributed by atoms with Gasteiger partial charge >= 0.3 is 29.6 Å². The maximum atomic E-state index is 11.1. The van der Waals surface area contributed by atoms with Crippen molar-refractivity contribution in [3.63, 3.8) is 0 Å². The van der Waals surface area contributed by atoms with Crippen LogP contribution < -0.4 is 35.0 Å². The van der Waals surface area contributed by atoms with Gasteiger partial charge in [-0.15, -0.1) is 0 Å². The molecule has 0 radical (unpaired) electrons. The third kappa shape index (κ3) is 3.79. The van der Waals surface area contributed by atoms with Gasteiger partial charge in [-0.1, -0.05) is 0 Å². The molecule has 74 valence electrons. The van der Waals surface area contributed by atoms with Crippen LogP contribution in [-0.4, -0.2) is 36.3 Å². The molecule has 1 unspecified atom stereocenters. The predicted molar refractivity (Wildman–Crippen MR) is 46.6 cm³/mol. The van der Waals surface area contributed by atoms with E-state index in [0.29, 0.717) is 6.61 Å². The molecule has 6 heteroatoms. The molecule has 1 atom stereocenters. The van der Waals surface area contributed by atoms with E-state index in [9.17, 15) is 9.59 Å². The Bertz CT molecular complexity index is 260. The van der Waals surface area contributed by atoms with Gasteiger partial charge in [-0.2, -0.15) is 0 Å². The van der Waals surface area contributed by atoms with Gasteiger partial charge in [0.1, 0.15) is 12.6 Å². The van der Waals surface area contributed by atoms with Crippen LogP contribution in [0.2, 0.25) is 0 Å². The summed E-state index contributed by atoms with van der Waals surface area (Å²) in [5.41, 5.74) is 2.24. The van der Waals surface area contributed by atoms with Crippen LogP contribution in [-0.2, 0) is 14.4 Å². The van der Waals surface area contributed by atoms with Crippen molar-refractivity contribution in [2.45, 2.75) is 13.0 Å². The summed E-state index contributed by atoms with van der Waals surface area (Å²) in [5.74, 6) is -0.234. The minimum atomic E-state index is -0.337. The molecule has 1 heterocycles. The van der Waals surface area contributed by atoms with Crippen molar-refractivity contribution in [2.24, 2.45) is 0 Å². The van der Waals surface area contributed by atoms with Crippen molar-refractivity contribution >= 4 is 11.7 Å². The predicted octanol–water partition coefficient (Wildman–Crippen LogP) is -3.43. The fourth-order valence-electron chi connectivity index (χ4n) is 0.964. The normalized spacial score (nSPS) is 20.4. The van der Waals surface area contributed by atoms with E-state index < -0.39 is 0 Å². The second-order valence-electron chi connectivity index (χ2n) is 2.88. The zero-order valence-electron chi connectivity index (χ0n) is 9.61. The van der Waals surface area contributed by atoms with Gasteiger partial charge in [0.2, 0.25) is 0 Å². The first-order valence-electron chi connectivity index (χ1n) is 3.93. The standard InChI is InChI=1S/C8H12N2O3.Na.H/c1-6(11)3-4-10(2)7-5-13-9-8(7)12;;/h3-4,7H,5H2,1-2H3,(H,9,12);;/q;+1;-1/b4-3+;;. The monoisotopic (exact) mass is 208 g/mol. The summed E-state index contributed by atoms with van der Waals surface area (Å²) in [7, 11) is 1.72. The van der Waals surface area contributed by atoms with Gasteiger partial charge in [-0.3, -0.25) is 14.4 Å². The van der Waals surface area contributed by atoms with Gasteiger partial charge in [0, 0.05) is 13.2 Å². The van der Waals surface area contributed by atoms with Gasteiger partial charge in [0.15, 0.2) is 5.78 Å². The van der Waals surface area contributed by atoms with Gasteiger partial charge < -0.3 is 6.33 Å². The molecule has 0 saturated carbocycles. The van der Waals surface area contributed by atoms with Crippen molar-refractivity contribution in [3.05, 3.63) is 12.3 Å². The summed E-state index contributed by atoms with van der Waals surface area (Å²) in [6.07, 6.45) is 2.98. The summed E-state index contributed by atoms with van der Waals surface area (Å²) in [5, 5.41) is 0. The number of nitrogens with zero attached hydrogens (tertiary/aromatic N) is 1. The number of ketones is 1. The topological polar surface area (TPSA) is 58.6 Å². The Hall–Kier alpha value is -0.360. The van der Waals surface area contributed by atoms with E-state index >= 15 is 0 Å². The number of carbonyl (C=O) groups excluding carboxylic acids is 2. The number of likely N-dealkylation sites (N-methyl/N-ethyl adjacent to an activating group) is 1. The Morgan fingerprint density at radius 2 is 2.43 bits per heavy atom. The first-order valence-corrected chi connectivity index (χ1v) is 3.93. The zero-order chi connectivity index (χ0) is 9.84. The van der Waals surface area contributed by atoms with Crippen LogP contribution in [0.1, 0.15) is 8.35 Å². The van der Waals surface area contributed by atoms with Crippen molar-refractivity contribution in [1.82, 2.24) is 10.4 Å². The fraction of sp³-hybridized carbons (Fsp3) is 0.500. The molecule has 0 aromatic rings. The van der Waals surface area contributed by atoms with Gasteiger partial charge in [0.05, 0.1) is 0 Å². The molecule has 0 aromatic heterocycles. The summed E-state index contributed by atoms with van der Waals surface area (Å²) < 4.78 is 0. The minimum Gasteiger partial charge on any atom is -1.00 e. The molecule has 1 amide bonds. The number of carbonyl (C=O) groups is 2. The van der Waals surface area contributed by atoms with Crippen molar-refractivity contribution < 1.29 is 45.4 Å². The Morgan fingerprint density at radius 3 is 2.86 bits per heavy atom. The first-order chi connectivity index (χ1) is 6.11. The molecule has 14 heavy (non-hydrogen) atoms. The van der Waals surface area contributed by atoms with E-state index in [-0.39, 0.29) is 48.7 Å². The summed E-state index contributed by atoms with van der Waals surface area (Å²) in [6.45, 7) is 1.76. The molecule has 1 aliphatic heterocycles. The third-order valence-corrected chi connectivity index (χ3v) is 1.75. The second-order valence-corrected chi connectivity index (χ2v) is 2.88. The second kappa shape index (κ2) is 6.19. The van der Waals surface area contributed by atoms with Gasteiger partial charge in [0.25, 0.3) is 5.91 Å². The van der Waals surface area contributed by atoms with Crippen LogP contribution in [0.25, 0.3) is 0 Å². The molecule has 1 rings (SSSR count). The molecule has 1 fully saturated rings. The summed E-state index contributed by atoms with van der Waals surface area (Å²) in [4.78, 5) is 28.0. The number of hydroxylamine groups is 1. The van der Waals surface area contributed by atoms with Crippen LogP contribution >= 0.6 is 0 Å². The maximum Gasteiger partial charge on any atom is 1.00 e. The molecular formula is C8H13N2NaO3. The SMILES string of the molecule is CC(=O)/C=C/N(C)C1CONC1=O.[H-].[Na+]. The van der Waals surface area contributed by atoms with E-state index in [0.717, 1.165) is 0 Å². The van der Waals surface area contributed by atoms with Gasteiger partial charge in [-0.25, -0.2) is 5.48 Å². The van der Waals surface area contributed by atoms with E-state index in [2.05, 4.69) is 5.48 Å². The van der Waals surface area contributed by atoms with Crippen LogP contribution in [0.3, 0.4) is 0 Å². The van der Waals surface area contributed by atoms with Gasteiger partial charge in [-0.05, 0) is 13.0 Å². The van der Waals surface area contributed by atoms with E-state index in [4.69, 9.17) is 4.84 Å². The molecule has 0 spiro atoms. The average Bonchev–Trinajstić information content (AvgIpc) is 2.47. The van der Waals surface area contributed by atoms with Crippen LogP contribution in [0.4, 0.5) is 0 Å². The van der Waals surface area contributed by atoms with Crippen LogP contribution in [0, 0.1) is 0 Å². The molecule has 1 N–H and O–H groups in total. The Morgan fingerprint density at radius 1 is 1.79 bits per heavy atom. The summed E-state index contributed by atoms with van der Waals surface area (Å²) in [6, 6.07) is -0.337. The Labute approximate surface area is 106 Å². The van der Waals surface area contributed by atoms with Crippen molar-refractivity contribution in [1.29, 1.82) is 0 Å². The summed E-state index contributed by atoms with van der Waals surface area (Å²) >= 11 is 0. The smallest absolute Gasteiger partial charge is 1.00 e.